The highest BCUT2D eigenvalue weighted by Gasteiger charge is 2.01. The van der Waals surface area contributed by atoms with Crippen LogP contribution in [0, 0.1) is 0 Å². The number of allylic oxidation sites excluding steroid dienone is 3. The summed E-state index contributed by atoms with van der Waals surface area (Å²) >= 11 is 0. The van der Waals surface area contributed by atoms with Crippen LogP contribution in [-0.4, -0.2) is 24.5 Å². The Balaban J connectivity index is 0. The van der Waals surface area contributed by atoms with E-state index in [4.69, 9.17) is 0 Å². The van der Waals surface area contributed by atoms with E-state index in [1.165, 1.54) is 25.0 Å². The lowest BCUT2D eigenvalue weighted by Gasteiger charge is -2.19. The van der Waals surface area contributed by atoms with Gasteiger partial charge in [0, 0.05) is 6.54 Å². The number of hydrogen-bond donors (Lipinski definition) is 0. The molecule has 0 aromatic heterocycles. The van der Waals surface area contributed by atoms with Gasteiger partial charge in [-0.1, -0.05) is 65.0 Å². The molecule has 0 aliphatic rings. The van der Waals surface area contributed by atoms with Crippen molar-refractivity contribution >= 4 is 0 Å². The van der Waals surface area contributed by atoms with Gasteiger partial charge in [-0.2, -0.15) is 0 Å². The first-order valence-corrected chi connectivity index (χ1v) is 6.86. The standard InChI is InChI=1S/C13H23N.C3H8/c1-5-9-10-13(7-3)12-14(8-4)11-6-2;1-3-2/h5,7,9-10H,1,6,8,11-12H2,2-4H3;3H2,1-2H3/b10-9-,13-7+;. The second kappa shape index (κ2) is 15.2. The van der Waals surface area contributed by atoms with Crippen molar-refractivity contribution in [3.63, 3.8) is 0 Å². The average Bonchev–Trinajstić information content (AvgIpc) is 2.34. The van der Waals surface area contributed by atoms with Crippen molar-refractivity contribution in [1.29, 1.82) is 0 Å². The second-order valence-corrected chi connectivity index (χ2v) is 4.03. The van der Waals surface area contributed by atoms with Crippen molar-refractivity contribution in [2.45, 2.75) is 47.5 Å². The van der Waals surface area contributed by atoms with Gasteiger partial charge in [0.05, 0.1) is 0 Å². The van der Waals surface area contributed by atoms with Crippen molar-refractivity contribution < 1.29 is 0 Å². The molecule has 17 heavy (non-hydrogen) atoms. The van der Waals surface area contributed by atoms with Crippen LogP contribution in [0.15, 0.2) is 36.5 Å². The van der Waals surface area contributed by atoms with Gasteiger partial charge in [-0.05, 0) is 32.0 Å². The SMILES string of the molecule is C=C/C=C\C(=C/C)CN(CC)CCC.CCC. The molecule has 1 nitrogen and oxygen atoms in total. The molecule has 0 N–H and O–H groups in total. The molecular weight excluding hydrogens is 206 g/mol. The number of nitrogens with zero attached hydrogens (tertiary/aromatic N) is 1. The van der Waals surface area contributed by atoms with Gasteiger partial charge in [0.15, 0.2) is 0 Å². The average molecular weight is 237 g/mol. The monoisotopic (exact) mass is 237 g/mol. The van der Waals surface area contributed by atoms with Crippen LogP contribution in [0.5, 0.6) is 0 Å². The van der Waals surface area contributed by atoms with Crippen molar-refractivity contribution in [2.75, 3.05) is 19.6 Å². The fraction of sp³-hybridized carbons (Fsp3) is 0.625. The molecule has 0 amide bonds. The van der Waals surface area contributed by atoms with Crippen molar-refractivity contribution in [3.05, 3.63) is 36.5 Å². The summed E-state index contributed by atoms with van der Waals surface area (Å²) in [5, 5.41) is 0. The third-order valence-corrected chi connectivity index (χ3v) is 2.21. The quantitative estimate of drug-likeness (QED) is 0.574. The maximum absolute atomic E-state index is 3.67. The van der Waals surface area contributed by atoms with E-state index in [1.807, 2.05) is 12.2 Å². The van der Waals surface area contributed by atoms with Crippen LogP contribution in [0.2, 0.25) is 0 Å². The summed E-state index contributed by atoms with van der Waals surface area (Å²) in [6.45, 7) is 17.8. The Bertz CT molecular complexity index is 214. The molecule has 0 aliphatic carbocycles. The van der Waals surface area contributed by atoms with E-state index >= 15 is 0 Å². The molecule has 0 fully saturated rings. The molecule has 100 valence electrons. The Morgan fingerprint density at radius 1 is 1.18 bits per heavy atom. The van der Waals surface area contributed by atoms with E-state index in [0.717, 1.165) is 13.1 Å². The molecule has 0 spiro atoms. The topological polar surface area (TPSA) is 3.24 Å². The second-order valence-electron chi connectivity index (χ2n) is 4.03. The minimum absolute atomic E-state index is 1.05. The number of hydrogen-bond acceptors (Lipinski definition) is 1. The van der Waals surface area contributed by atoms with E-state index in [9.17, 15) is 0 Å². The molecular formula is C16H31N. The summed E-state index contributed by atoms with van der Waals surface area (Å²) in [7, 11) is 0. The van der Waals surface area contributed by atoms with Crippen molar-refractivity contribution in [2.24, 2.45) is 0 Å². The number of rotatable bonds is 7. The Labute approximate surface area is 109 Å². The zero-order valence-corrected chi connectivity index (χ0v) is 12.5. The summed E-state index contributed by atoms with van der Waals surface area (Å²) in [4.78, 5) is 2.45. The molecule has 0 atom stereocenters. The summed E-state index contributed by atoms with van der Waals surface area (Å²) in [5.41, 5.74) is 1.36. The lowest BCUT2D eigenvalue weighted by atomic mass is 10.2. The van der Waals surface area contributed by atoms with E-state index in [-0.39, 0.29) is 0 Å². The van der Waals surface area contributed by atoms with Crippen LogP contribution in [0.1, 0.15) is 47.5 Å². The van der Waals surface area contributed by atoms with E-state index in [0.29, 0.717) is 0 Å². The molecule has 0 saturated heterocycles. The third-order valence-electron chi connectivity index (χ3n) is 2.21. The van der Waals surface area contributed by atoms with Crippen molar-refractivity contribution in [3.8, 4) is 0 Å². The zero-order valence-electron chi connectivity index (χ0n) is 12.5. The first-order valence-electron chi connectivity index (χ1n) is 6.86. The maximum atomic E-state index is 3.67. The fourth-order valence-electron chi connectivity index (χ4n) is 1.36. The minimum Gasteiger partial charge on any atom is -0.299 e. The van der Waals surface area contributed by atoms with Gasteiger partial charge < -0.3 is 0 Å². The summed E-state index contributed by atoms with van der Waals surface area (Å²) in [6.07, 6.45) is 10.6. The van der Waals surface area contributed by atoms with Crippen LogP contribution in [0.4, 0.5) is 0 Å². The molecule has 0 heterocycles. The van der Waals surface area contributed by atoms with Crippen LogP contribution >= 0.6 is 0 Å². The Morgan fingerprint density at radius 2 is 1.76 bits per heavy atom. The molecule has 0 aliphatic heterocycles. The van der Waals surface area contributed by atoms with Crippen molar-refractivity contribution in [1.82, 2.24) is 4.90 Å². The number of likely N-dealkylation sites (N-methyl/N-ethyl adjacent to an activating group) is 1. The van der Waals surface area contributed by atoms with Gasteiger partial charge in [0.1, 0.15) is 0 Å². The van der Waals surface area contributed by atoms with E-state index < -0.39 is 0 Å². The van der Waals surface area contributed by atoms with E-state index in [1.54, 1.807) is 0 Å². The summed E-state index contributed by atoms with van der Waals surface area (Å²) < 4.78 is 0. The van der Waals surface area contributed by atoms with E-state index in [2.05, 4.69) is 58.2 Å². The van der Waals surface area contributed by atoms with Crippen LogP contribution in [-0.2, 0) is 0 Å². The maximum Gasteiger partial charge on any atom is 0.0230 e. The van der Waals surface area contributed by atoms with Crippen LogP contribution < -0.4 is 0 Å². The largest absolute Gasteiger partial charge is 0.299 e. The molecule has 0 unspecified atom stereocenters. The molecule has 0 radical (unpaired) electrons. The normalized spacial score (nSPS) is 11.5. The van der Waals surface area contributed by atoms with Crippen LogP contribution in [0.25, 0.3) is 0 Å². The molecule has 0 aromatic carbocycles. The smallest absolute Gasteiger partial charge is 0.0230 e. The Kier molecular flexibility index (Phi) is 16.6. The minimum atomic E-state index is 1.05. The van der Waals surface area contributed by atoms with Gasteiger partial charge in [0.2, 0.25) is 0 Å². The highest BCUT2D eigenvalue weighted by atomic mass is 15.1. The molecule has 0 rings (SSSR count). The zero-order chi connectivity index (χ0) is 13.5. The third kappa shape index (κ3) is 13.1. The Hall–Kier alpha value is -0.820. The van der Waals surface area contributed by atoms with Crippen LogP contribution in [0.3, 0.4) is 0 Å². The predicted octanol–water partition coefficient (Wildman–Crippen LogP) is 4.82. The predicted molar refractivity (Wildman–Crippen MR) is 81.5 cm³/mol. The van der Waals surface area contributed by atoms with Gasteiger partial charge in [0.25, 0.3) is 0 Å². The van der Waals surface area contributed by atoms with Gasteiger partial charge >= 0.3 is 0 Å². The Morgan fingerprint density at radius 3 is 2.12 bits per heavy atom. The first kappa shape index (κ1) is 18.5. The molecule has 0 aromatic rings. The molecule has 0 saturated carbocycles. The molecule has 0 bridgehead atoms. The summed E-state index contributed by atoms with van der Waals surface area (Å²) in [6, 6.07) is 0. The molecule has 1 heteroatoms. The van der Waals surface area contributed by atoms with Gasteiger partial charge in [-0.3, -0.25) is 4.90 Å². The lowest BCUT2D eigenvalue weighted by molar-refractivity contribution is 0.315. The summed E-state index contributed by atoms with van der Waals surface area (Å²) in [5.74, 6) is 0. The first-order chi connectivity index (χ1) is 8.19. The van der Waals surface area contributed by atoms with Gasteiger partial charge in [-0.25, -0.2) is 0 Å². The van der Waals surface area contributed by atoms with Gasteiger partial charge in [-0.15, -0.1) is 0 Å². The highest BCUT2D eigenvalue weighted by Crippen LogP contribution is 2.02. The lowest BCUT2D eigenvalue weighted by Crippen LogP contribution is -2.26. The fourth-order valence-corrected chi connectivity index (χ4v) is 1.36. The highest BCUT2D eigenvalue weighted by molar-refractivity contribution is 5.22.